The van der Waals surface area contributed by atoms with Gasteiger partial charge < -0.3 is 25.6 Å². The number of piperidine rings is 1. The maximum Gasteiger partial charge on any atom is 0.258 e. The van der Waals surface area contributed by atoms with Gasteiger partial charge in [0.15, 0.2) is 0 Å². The molecule has 0 spiro atoms. The van der Waals surface area contributed by atoms with E-state index in [1.54, 1.807) is 35.2 Å². The van der Waals surface area contributed by atoms with Gasteiger partial charge in [-0.2, -0.15) is 0 Å². The van der Waals surface area contributed by atoms with E-state index in [4.69, 9.17) is 16.3 Å². The Labute approximate surface area is 263 Å². The van der Waals surface area contributed by atoms with Crippen LogP contribution in [0.1, 0.15) is 69.9 Å². The predicted octanol–water partition coefficient (Wildman–Crippen LogP) is 6.11. The van der Waals surface area contributed by atoms with E-state index in [0.29, 0.717) is 40.6 Å². The number of nitrogens with zero attached hydrogens (tertiary/aromatic N) is 1. The fourth-order valence-corrected chi connectivity index (χ4v) is 6.05. The van der Waals surface area contributed by atoms with Crippen LogP contribution in [0.4, 0.5) is 11.4 Å². The normalized spacial score (nSPS) is 16.7. The highest BCUT2D eigenvalue weighted by Gasteiger charge is 2.30. The molecule has 3 amide bonds. The summed E-state index contributed by atoms with van der Waals surface area (Å²) in [5, 5.41) is 10.00. The van der Waals surface area contributed by atoms with Gasteiger partial charge >= 0.3 is 0 Å². The molecule has 8 nitrogen and oxygen atoms in total. The van der Waals surface area contributed by atoms with Crippen molar-refractivity contribution in [2.24, 2.45) is 0 Å². The van der Waals surface area contributed by atoms with E-state index in [0.717, 1.165) is 55.6 Å². The molecule has 2 aliphatic heterocycles. The minimum atomic E-state index is -0.251. The molecule has 1 saturated heterocycles. The first kappa shape index (κ1) is 32.3. The van der Waals surface area contributed by atoms with Crippen LogP contribution in [0.15, 0.2) is 60.7 Å². The van der Waals surface area contributed by atoms with Gasteiger partial charge in [0, 0.05) is 40.8 Å². The Morgan fingerprint density at radius 2 is 1.79 bits per heavy atom. The molecule has 1 fully saturated rings. The van der Waals surface area contributed by atoms with Crippen LogP contribution in [-0.4, -0.2) is 50.5 Å². The molecule has 3 N–H and O–H groups in total. The molecule has 0 aliphatic carbocycles. The zero-order valence-corrected chi connectivity index (χ0v) is 26.0. The van der Waals surface area contributed by atoms with E-state index in [1.807, 2.05) is 37.3 Å². The molecule has 2 heterocycles. The van der Waals surface area contributed by atoms with Gasteiger partial charge in [-0.05, 0) is 105 Å². The number of amides is 3. The van der Waals surface area contributed by atoms with Gasteiger partial charge in [-0.15, -0.1) is 12.4 Å². The summed E-state index contributed by atoms with van der Waals surface area (Å²) in [7, 11) is 1.51. The number of nitrogens with one attached hydrogen (secondary N) is 3. The van der Waals surface area contributed by atoms with Crippen molar-refractivity contribution in [2.45, 2.75) is 51.0 Å². The lowest BCUT2D eigenvalue weighted by Gasteiger charge is -2.26. The Bertz CT molecular complexity index is 1480. The molecule has 0 bridgehead atoms. The number of aryl methyl sites for hydroxylation is 1. The molecule has 43 heavy (non-hydrogen) atoms. The zero-order chi connectivity index (χ0) is 29.6. The number of rotatable bonds is 7. The van der Waals surface area contributed by atoms with Crippen molar-refractivity contribution in [1.29, 1.82) is 0 Å². The molecule has 0 aromatic heterocycles. The number of benzene rings is 3. The second-order valence-electron chi connectivity index (χ2n) is 11.0. The first-order valence-corrected chi connectivity index (χ1v) is 14.9. The topological polar surface area (TPSA) is 99.8 Å². The number of methoxy groups -OCH3 is 1. The van der Waals surface area contributed by atoms with Gasteiger partial charge in [-0.1, -0.05) is 29.8 Å². The summed E-state index contributed by atoms with van der Waals surface area (Å²) in [6, 6.07) is 18.1. The average molecular weight is 626 g/mol. The van der Waals surface area contributed by atoms with Crippen LogP contribution >= 0.6 is 24.0 Å². The summed E-state index contributed by atoms with van der Waals surface area (Å²) in [6.45, 7) is 4.21. The van der Waals surface area contributed by atoms with E-state index in [2.05, 4.69) is 16.0 Å². The van der Waals surface area contributed by atoms with E-state index in [1.165, 1.54) is 7.11 Å². The molecule has 3 aromatic rings. The van der Waals surface area contributed by atoms with E-state index >= 15 is 0 Å². The Hall–Kier alpha value is -3.59. The van der Waals surface area contributed by atoms with Gasteiger partial charge in [0.2, 0.25) is 5.91 Å². The maximum atomic E-state index is 13.9. The lowest BCUT2D eigenvalue weighted by Crippen LogP contribution is -2.43. The average Bonchev–Trinajstić information content (AvgIpc) is 3.16. The number of fused-ring (bicyclic) bond motifs is 1. The largest absolute Gasteiger partial charge is 0.495 e. The van der Waals surface area contributed by atoms with Gasteiger partial charge in [0.05, 0.1) is 12.8 Å². The molecule has 2 aliphatic rings. The fourth-order valence-electron chi connectivity index (χ4n) is 5.87. The van der Waals surface area contributed by atoms with Gasteiger partial charge in [-0.3, -0.25) is 14.4 Å². The second-order valence-corrected chi connectivity index (χ2v) is 11.4. The molecule has 10 heteroatoms. The summed E-state index contributed by atoms with van der Waals surface area (Å²) in [6.07, 6.45) is 3.72. The summed E-state index contributed by atoms with van der Waals surface area (Å²) >= 11 is 6.42. The second kappa shape index (κ2) is 14.7. The van der Waals surface area contributed by atoms with E-state index in [-0.39, 0.29) is 42.1 Å². The van der Waals surface area contributed by atoms with Crippen LogP contribution < -0.4 is 25.6 Å². The van der Waals surface area contributed by atoms with Gasteiger partial charge in [0.25, 0.3) is 11.8 Å². The Morgan fingerprint density at radius 3 is 2.53 bits per heavy atom. The summed E-state index contributed by atoms with van der Waals surface area (Å²) in [4.78, 5) is 41.6. The highest BCUT2D eigenvalue weighted by atomic mass is 35.5. The smallest absolute Gasteiger partial charge is 0.258 e. The fraction of sp³-hybridized carbons (Fsp3) is 0.364. The highest BCUT2D eigenvalue weighted by Crippen LogP contribution is 2.39. The lowest BCUT2D eigenvalue weighted by atomic mass is 9.90. The van der Waals surface area contributed by atoms with Crippen molar-refractivity contribution < 1.29 is 19.1 Å². The Kier molecular flexibility index (Phi) is 11.1. The van der Waals surface area contributed by atoms with Crippen LogP contribution in [0.5, 0.6) is 5.75 Å². The third-order valence-corrected chi connectivity index (χ3v) is 8.36. The summed E-state index contributed by atoms with van der Waals surface area (Å²) in [5.41, 5.74) is 4.01. The first-order valence-electron chi connectivity index (χ1n) is 14.5. The molecule has 0 saturated carbocycles. The molecular formula is C33H38Cl2N4O4. The van der Waals surface area contributed by atoms with Crippen LogP contribution in [0, 0.1) is 6.92 Å². The monoisotopic (exact) mass is 624 g/mol. The molecule has 3 aromatic carbocycles. The van der Waals surface area contributed by atoms with Crippen LogP contribution in [0.25, 0.3) is 0 Å². The van der Waals surface area contributed by atoms with Gasteiger partial charge in [-0.25, -0.2) is 0 Å². The van der Waals surface area contributed by atoms with Crippen LogP contribution in [-0.2, 0) is 4.79 Å². The van der Waals surface area contributed by atoms with Crippen LogP contribution in [0.3, 0.4) is 0 Å². The number of hydrogen-bond acceptors (Lipinski definition) is 5. The minimum absolute atomic E-state index is 0. The third-order valence-electron chi connectivity index (χ3n) is 8.12. The minimum Gasteiger partial charge on any atom is -0.495 e. The summed E-state index contributed by atoms with van der Waals surface area (Å²) in [5.74, 6) is -0.0636. The Morgan fingerprint density at radius 1 is 1.02 bits per heavy atom. The Balaban J connectivity index is 0.00000423. The number of carbonyl (C=O) groups is 3. The first-order chi connectivity index (χ1) is 20.3. The van der Waals surface area contributed by atoms with Crippen molar-refractivity contribution >= 4 is 53.1 Å². The van der Waals surface area contributed by atoms with Crippen molar-refractivity contribution in [3.63, 3.8) is 0 Å². The number of halogens is 2. The number of ether oxygens (including phenoxy) is 1. The SMILES string of the molecule is COc1cc(C(=O)N2CCCC(CC(=O)NC3CCNCC3)c3cc(Cl)ccc32)ccc1NC(=O)c1ccccc1C.Cl. The molecular weight excluding hydrogens is 587 g/mol. The zero-order valence-electron chi connectivity index (χ0n) is 24.5. The number of hydrogen-bond donors (Lipinski definition) is 3. The predicted molar refractivity (Wildman–Crippen MR) is 173 cm³/mol. The third kappa shape index (κ3) is 7.68. The quantitative estimate of drug-likeness (QED) is 0.294. The van der Waals surface area contributed by atoms with E-state index in [9.17, 15) is 14.4 Å². The lowest BCUT2D eigenvalue weighted by molar-refractivity contribution is -0.122. The maximum absolute atomic E-state index is 13.9. The van der Waals surface area contributed by atoms with Crippen molar-refractivity contribution in [3.8, 4) is 5.75 Å². The molecule has 228 valence electrons. The molecule has 5 rings (SSSR count). The van der Waals surface area contributed by atoms with Gasteiger partial charge in [0.1, 0.15) is 5.75 Å². The number of anilines is 2. The molecule has 1 unspecified atom stereocenters. The standard InChI is InChI=1S/C33H37ClN4O4.ClH/c1-21-6-3-4-8-26(21)32(40)37-28-11-9-23(18-30(28)42-2)33(41)38-17-5-7-22(27-20-24(34)10-12-29(27)38)19-31(39)36-25-13-15-35-16-14-25;/h3-4,6,8-12,18,20,22,25,35H,5,7,13-17,19H2,1-2H3,(H,36,39)(H,37,40);1H. The van der Waals surface area contributed by atoms with Crippen molar-refractivity contribution in [3.05, 3.63) is 87.9 Å². The van der Waals surface area contributed by atoms with Crippen molar-refractivity contribution in [2.75, 3.05) is 37.0 Å². The van der Waals surface area contributed by atoms with Crippen molar-refractivity contribution in [1.82, 2.24) is 10.6 Å². The highest BCUT2D eigenvalue weighted by molar-refractivity contribution is 6.30. The summed E-state index contributed by atoms with van der Waals surface area (Å²) < 4.78 is 5.57. The van der Waals surface area contributed by atoms with E-state index < -0.39 is 0 Å². The molecule has 1 atom stereocenters. The van der Waals surface area contributed by atoms with Crippen LogP contribution in [0.2, 0.25) is 5.02 Å². The number of carbonyl (C=O) groups excluding carboxylic acids is 3. The molecule has 0 radical (unpaired) electrons.